The number of nitrogens with zero attached hydrogens (tertiary/aromatic N) is 1. The highest BCUT2D eigenvalue weighted by atomic mass is 79.9. The summed E-state index contributed by atoms with van der Waals surface area (Å²) in [5, 5.41) is 12.7. The second kappa shape index (κ2) is 9.15. The largest absolute Gasteiger partial charge is 0.457 e. The molecule has 2 heterocycles. The zero-order valence-corrected chi connectivity index (χ0v) is 19.7. The number of nitrogens with two attached hydrogens (primary N) is 1. The number of carbonyl (C=O) groups excluding carboxylic acids is 2. The summed E-state index contributed by atoms with van der Waals surface area (Å²) >= 11 is 4.76. The van der Waals surface area contributed by atoms with Crippen LogP contribution in [0, 0.1) is 17.2 Å². The van der Waals surface area contributed by atoms with Crippen molar-refractivity contribution < 1.29 is 14.0 Å². The van der Waals surface area contributed by atoms with Crippen LogP contribution in [0.25, 0.3) is 17.4 Å². The Morgan fingerprint density at radius 1 is 1.28 bits per heavy atom. The van der Waals surface area contributed by atoms with Crippen LogP contribution in [0.4, 0.5) is 5.00 Å². The monoisotopic (exact) mass is 509 g/mol. The number of hydrogen-bond donors (Lipinski definition) is 2. The number of primary amides is 1. The van der Waals surface area contributed by atoms with Gasteiger partial charge in [0.25, 0.3) is 11.8 Å². The van der Waals surface area contributed by atoms with E-state index < -0.39 is 11.8 Å². The summed E-state index contributed by atoms with van der Waals surface area (Å²) in [4.78, 5) is 26.0. The molecular weight excluding hydrogens is 490 g/mol. The third-order valence-corrected chi connectivity index (χ3v) is 7.09. The van der Waals surface area contributed by atoms with Gasteiger partial charge in [0.1, 0.15) is 28.2 Å². The third kappa shape index (κ3) is 4.54. The lowest BCUT2D eigenvalue weighted by Crippen LogP contribution is -2.19. The number of rotatable bonds is 5. The van der Waals surface area contributed by atoms with Crippen molar-refractivity contribution in [2.24, 2.45) is 11.7 Å². The first kappa shape index (κ1) is 22.1. The molecule has 0 saturated heterocycles. The van der Waals surface area contributed by atoms with Crippen LogP contribution < -0.4 is 11.1 Å². The van der Waals surface area contributed by atoms with Gasteiger partial charge in [-0.3, -0.25) is 9.59 Å². The molecule has 3 aromatic rings. The van der Waals surface area contributed by atoms with Gasteiger partial charge < -0.3 is 15.5 Å². The quantitative estimate of drug-likeness (QED) is 0.347. The minimum Gasteiger partial charge on any atom is -0.457 e. The molecule has 0 fully saturated rings. The molecule has 2 amide bonds. The summed E-state index contributed by atoms with van der Waals surface area (Å²) in [5.74, 6) is 0.337. The number of nitrogens with one attached hydrogen (secondary N) is 1. The fraction of sp³-hybridized carbons (Fsp3) is 0.208. The Hall–Kier alpha value is -3.15. The highest BCUT2D eigenvalue weighted by molar-refractivity contribution is 9.10. The van der Waals surface area contributed by atoms with Crippen LogP contribution in [0.3, 0.4) is 0 Å². The Morgan fingerprint density at radius 3 is 2.72 bits per heavy atom. The predicted octanol–water partition coefficient (Wildman–Crippen LogP) is 5.54. The first-order chi connectivity index (χ1) is 15.4. The molecule has 8 heteroatoms. The number of anilines is 1. The van der Waals surface area contributed by atoms with E-state index in [2.05, 4.69) is 28.2 Å². The van der Waals surface area contributed by atoms with Gasteiger partial charge in [-0.25, -0.2) is 0 Å². The first-order valence-electron chi connectivity index (χ1n) is 10.1. The lowest BCUT2D eigenvalue weighted by atomic mass is 9.88. The number of carbonyl (C=O) groups is 2. The summed E-state index contributed by atoms with van der Waals surface area (Å²) in [7, 11) is 0. The van der Waals surface area contributed by atoms with E-state index in [1.165, 1.54) is 17.4 Å². The maximum atomic E-state index is 12.8. The Balaban J connectivity index is 1.58. The highest BCUT2D eigenvalue weighted by Gasteiger charge is 2.27. The molecule has 162 valence electrons. The Kier molecular flexibility index (Phi) is 6.31. The number of hydrogen-bond acceptors (Lipinski definition) is 5. The zero-order chi connectivity index (χ0) is 22.8. The van der Waals surface area contributed by atoms with Crippen molar-refractivity contribution in [3.63, 3.8) is 0 Å². The summed E-state index contributed by atoms with van der Waals surface area (Å²) in [5.41, 5.74) is 7.64. The smallest absolute Gasteiger partial charge is 0.267 e. The molecule has 1 aliphatic rings. The van der Waals surface area contributed by atoms with Crippen molar-refractivity contribution >= 4 is 50.2 Å². The third-order valence-electron chi connectivity index (χ3n) is 5.39. The van der Waals surface area contributed by atoms with Gasteiger partial charge in [0.2, 0.25) is 0 Å². The SMILES string of the molecule is C[C@H]1CCc2c(sc(NC(=O)/C(C#N)=C\c3ccc(-c4ccc(Br)cc4)o3)c2C(N)=O)C1. The minimum atomic E-state index is -0.608. The first-order valence-corrected chi connectivity index (χ1v) is 11.7. The maximum absolute atomic E-state index is 12.8. The van der Waals surface area contributed by atoms with Crippen LogP contribution in [0.2, 0.25) is 0 Å². The molecule has 3 N–H and O–H groups in total. The number of amides is 2. The summed E-state index contributed by atoms with van der Waals surface area (Å²) in [6.07, 6.45) is 3.97. The van der Waals surface area contributed by atoms with Crippen LogP contribution in [0.15, 0.2) is 50.9 Å². The van der Waals surface area contributed by atoms with Crippen molar-refractivity contribution in [1.82, 2.24) is 0 Å². The molecule has 0 bridgehead atoms. The molecule has 1 aromatic carbocycles. The van der Waals surface area contributed by atoms with E-state index in [0.717, 1.165) is 39.7 Å². The molecule has 4 rings (SSSR count). The molecule has 1 atom stereocenters. The number of halogens is 1. The molecule has 0 saturated carbocycles. The molecule has 1 aliphatic carbocycles. The predicted molar refractivity (Wildman–Crippen MR) is 128 cm³/mol. The van der Waals surface area contributed by atoms with E-state index in [0.29, 0.717) is 28.0 Å². The van der Waals surface area contributed by atoms with Crippen LogP contribution >= 0.6 is 27.3 Å². The van der Waals surface area contributed by atoms with Crippen molar-refractivity contribution in [2.75, 3.05) is 5.32 Å². The van der Waals surface area contributed by atoms with E-state index in [-0.39, 0.29) is 5.57 Å². The van der Waals surface area contributed by atoms with E-state index >= 15 is 0 Å². The van der Waals surface area contributed by atoms with Gasteiger partial charge in [0.05, 0.1) is 5.56 Å². The number of fused-ring (bicyclic) bond motifs is 1. The average molecular weight is 510 g/mol. The number of benzene rings is 1. The number of thiophene rings is 1. The molecule has 0 radical (unpaired) electrons. The fourth-order valence-electron chi connectivity index (χ4n) is 3.76. The summed E-state index contributed by atoms with van der Waals surface area (Å²) in [6.45, 7) is 2.16. The molecule has 0 aliphatic heterocycles. The second-order valence-corrected chi connectivity index (χ2v) is 9.77. The Morgan fingerprint density at radius 2 is 2.03 bits per heavy atom. The van der Waals surface area contributed by atoms with Gasteiger partial charge >= 0.3 is 0 Å². The van der Waals surface area contributed by atoms with Crippen molar-refractivity contribution in [3.8, 4) is 17.4 Å². The average Bonchev–Trinajstić information content (AvgIpc) is 3.36. The molecule has 2 aromatic heterocycles. The molecule has 0 spiro atoms. The Bertz CT molecular complexity index is 1260. The topological polar surface area (TPSA) is 109 Å². The lowest BCUT2D eigenvalue weighted by molar-refractivity contribution is -0.112. The van der Waals surface area contributed by atoms with E-state index in [9.17, 15) is 14.9 Å². The van der Waals surface area contributed by atoms with Gasteiger partial charge in [-0.15, -0.1) is 11.3 Å². The van der Waals surface area contributed by atoms with Crippen molar-refractivity contribution in [1.29, 1.82) is 5.26 Å². The van der Waals surface area contributed by atoms with Crippen LogP contribution in [-0.4, -0.2) is 11.8 Å². The van der Waals surface area contributed by atoms with E-state index in [1.807, 2.05) is 30.3 Å². The van der Waals surface area contributed by atoms with Crippen LogP contribution in [0.1, 0.15) is 39.9 Å². The minimum absolute atomic E-state index is 0.128. The second-order valence-electron chi connectivity index (χ2n) is 7.75. The highest BCUT2D eigenvalue weighted by Crippen LogP contribution is 2.39. The molecule has 0 unspecified atom stereocenters. The summed E-state index contributed by atoms with van der Waals surface area (Å²) < 4.78 is 6.74. The van der Waals surface area contributed by atoms with Gasteiger partial charge in [-0.2, -0.15) is 5.26 Å². The maximum Gasteiger partial charge on any atom is 0.267 e. The molecule has 32 heavy (non-hydrogen) atoms. The van der Waals surface area contributed by atoms with Crippen molar-refractivity contribution in [3.05, 3.63) is 68.2 Å². The lowest BCUT2D eigenvalue weighted by Gasteiger charge is -2.18. The molecular formula is C24H20BrN3O3S. The van der Waals surface area contributed by atoms with Crippen LogP contribution in [-0.2, 0) is 17.6 Å². The van der Waals surface area contributed by atoms with E-state index in [4.69, 9.17) is 10.2 Å². The number of nitriles is 1. The van der Waals surface area contributed by atoms with Gasteiger partial charge in [-0.05, 0) is 55.0 Å². The molecule has 6 nitrogen and oxygen atoms in total. The van der Waals surface area contributed by atoms with E-state index in [1.54, 1.807) is 12.1 Å². The van der Waals surface area contributed by atoms with Gasteiger partial charge in [-0.1, -0.05) is 35.0 Å². The van der Waals surface area contributed by atoms with Crippen LogP contribution in [0.5, 0.6) is 0 Å². The van der Waals surface area contributed by atoms with Gasteiger partial charge in [0.15, 0.2) is 0 Å². The standard InChI is InChI=1S/C24H20BrN3O3S/c1-13-2-8-18-20(10-13)32-24(21(18)22(27)29)28-23(30)15(12-26)11-17-7-9-19(31-17)14-3-5-16(25)6-4-14/h3-7,9,11,13H,2,8,10H2,1H3,(H2,27,29)(H,28,30)/b15-11-/t13-/m0/s1. The summed E-state index contributed by atoms with van der Waals surface area (Å²) in [6, 6.07) is 13.0. The van der Waals surface area contributed by atoms with Gasteiger partial charge in [0, 0.05) is 21.0 Å². The van der Waals surface area contributed by atoms with Crippen molar-refractivity contribution in [2.45, 2.75) is 26.2 Å². The number of furan rings is 1. The fourth-order valence-corrected chi connectivity index (χ4v) is 5.44. The zero-order valence-electron chi connectivity index (χ0n) is 17.3. The normalized spacial score (nSPS) is 15.7. The Labute approximate surface area is 197 Å².